The van der Waals surface area contributed by atoms with Crippen molar-refractivity contribution in [3.05, 3.63) is 40.3 Å². The number of nitrogens with zero attached hydrogens (tertiary/aromatic N) is 5. The van der Waals surface area contributed by atoms with E-state index in [4.69, 9.17) is 32.9 Å². The first kappa shape index (κ1) is 22.5. The Hall–Kier alpha value is -1.97. The van der Waals surface area contributed by atoms with Crippen molar-refractivity contribution in [1.29, 1.82) is 0 Å². The summed E-state index contributed by atoms with van der Waals surface area (Å²) in [5.74, 6) is 0.824. The fraction of sp³-hybridized carbons (Fsp3) is 0.542. The highest BCUT2D eigenvalue weighted by atomic mass is 35.5. The number of aromatic nitrogens is 4. The molecule has 2 aliphatic heterocycles. The maximum absolute atomic E-state index is 10.4. The zero-order chi connectivity index (χ0) is 23.4. The summed E-state index contributed by atoms with van der Waals surface area (Å²) in [6.07, 6.45) is 7.24. The van der Waals surface area contributed by atoms with Gasteiger partial charge in [-0.05, 0) is 69.3 Å². The zero-order valence-electron chi connectivity index (χ0n) is 19.0. The van der Waals surface area contributed by atoms with Gasteiger partial charge in [0.15, 0.2) is 5.15 Å². The Balaban J connectivity index is 1.21. The Morgan fingerprint density at radius 3 is 2.65 bits per heavy atom. The number of nitrogens with one attached hydrogen (secondary N) is 1. The topological polar surface area (TPSA) is 88.3 Å². The highest BCUT2D eigenvalue weighted by Gasteiger charge is 2.45. The van der Waals surface area contributed by atoms with Crippen LogP contribution in [0.15, 0.2) is 24.5 Å². The van der Waals surface area contributed by atoms with Crippen LogP contribution in [-0.2, 0) is 4.74 Å². The lowest BCUT2D eigenvalue weighted by molar-refractivity contribution is -0.00211. The number of aliphatic hydroxyl groups excluding tert-OH is 1. The molecule has 3 aromatic rings. The first-order chi connectivity index (χ1) is 16.4. The quantitative estimate of drug-likeness (QED) is 0.529. The lowest BCUT2D eigenvalue weighted by atomic mass is 9.85. The summed E-state index contributed by atoms with van der Waals surface area (Å²) in [4.78, 5) is 11.6. The molecule has 1 aromatic carbocycles. The fourth-order valence-corrected chi connectivity index (χ4v) is 5.83. The van der Waals surface area contributed by atoms with Crippen molar-refractivity contribution in [2.24, 2.45) is 0 Å². The molecule has 34 heavy (non-hydrogen) atoms. The molecule has 180 valence electrons. The number of hydrogen-bond acceptors (Lipinski definition) is 7. The lowest BCUT2D eigenvalue weighted by Crippen LogP contribution is -2.56. The second-order valence-corrected chi connectivity index (χ2v) is 10.7. The van der Waals surface area contributed by atoms with E-state index in [9.17, 15) is 5.11 Å². The summed E-state index contributed by atoms with van der Waals surface area (Å²) >= 11 is 13.2. The summed E-state index contributed by atoms with van der Waals surface area (Å²) in [7, 11) is 0. The Kier molecular flexibility index (Phi) is 5.69. The minimum atomic E-state index is -0.444. The van der Waals surface area contributed by atoms with Crippen molar-refractivity contribution in [2.45, 2.75) is 56.2 Å². The SMILES string of the molecule is CC1(N2CCC(c3cc4nc(Nc5cnn(C6CC6)c5Cl)ncc4cc3Cl)CC2)COCC1O. The molecule has 2 N–H and O–H groups in total. The second kappa shape index (κ2) is 8.60. The molecule has 3 fully saturated rings. The van der Waals surface area contributed by atoms with E-state index in [1.165, 1.54) is 0 Å². The van der Waals surface area contributed by atoms with Crippen molar-refractivity contribution in [2.75, 3.05) is 31.6 Å². The van der Waals surface area contributed by atoms with Crippen LogP contribution in [0.25, 0.3) is 10.9 Å². The average Bonchev–Trinajstić information content (AvgIpc) is 3.54. The first-order valence-electron chi connectivity index (χ1n) is 11.9. The third kappa shape index (κ3) is 3.95. The van der Waals surface area contributed by atoms with Gasteiger partial charge in [0.05, 0.1) is 48.3 Å². The molecule has 0 amide bonds. The smallest absolute Gasteiger partial charge is 0.227 e. The number of anilines is 2. The van der Waals surface area contributed by atoms with Gasteiger partial charge >= 0.3 is 0 Å². The Morgan fingerprint density at radius 1 is 1.15 bits per heavy atom. The maximum atomic E-state index is 10.4. The molecule has 3 aliphatic rings. The highest BCUT2D eigenvalue weighted by molar-refractivity contribution is 6.32. The summed E-state index contributed by atoms with van der Waals surface area (Å²) in [6.45, 7) is 4.88. The van der Waals surface area contributed by atoms with Crippen LogP contribution < -0.4 is 5.32 Å². The minimum Gasteiger partial charge on any atom is -0.389 e. The van der Waals surface area contributed by atoms with Crippen LogP contribution in [0.1, 0.15) is 50.1 Å². The van der Waals surface area contributed by atoms with Crippen LogP contribution in [0.2, 0.25) is 10.2 Å². The standard InChI is InChI=1S/C24H28Cl2N6O2/c1-24(13-34-12-21(24)33)31-6-4-14(5-7-31)17-9-19-15(8-18(17)25)10-27-23(29-19)30-20-11-28-32(22(20)26)16-2-3-16/h8-11,14,16,21,33H,2-7,12-13H2,1H3,(H,27,29,30). The number of benzene rings is 1. The molecular weight excluding hydrogens is 475 g/mol. The molecule has 8 nitrogen and oxygen atoms in total. The third-order valence-electron chi connectivity index (χ3n) is 7.62. The van der Waals surface area contributed by atoms with Crippen molar-refractivity contribution >= 4 is 45.7 Å². The number of halogens is 2. The molecule has 0 radical (unpaired) electrons. The third-order valence-corrected chi connectivity index (χ3v) is 8.32. The average molecular weight is 503 g/mol. The van der Waals surface area contributed by atoms with E-state index in [1.54, 1.807) is 12.4 Å². The van der Waals surface area contributed by atoms with E-state index in [1.807, 2.05) is 10.7 Å². The summed E-state index contributed by atoms with van der Waals surface area (Å²) in [5.41, 5.74) is 2.37. The molecule has 0 bridgehead atoms. The Labute approximate surface area is 208 Å². The molecule has 2 atom stereocenters. The van der Waals surface area contributed by atoms with Crippen molar-refractivity contribution < 1.29 is 9.84 Å². The second-order valence-electron chi connectivity index (χ2n) is 9.93. The van der Waals surface area contributed by atoms with E-state index >= 15 is 0 Å². The van der Waals surface area contributed by atoms with Gasteiger partial charge in [0.1, 0.15) is 0 Å². The summed E-state index contributed by atoms with van der Waals surface area (Å²) < 4.78 is 7.39. The molecule has 10 heteroatoms. The Bertz CT molecular complexity index is 1220. The number of rotatable bonds is 5. The molecule has 1 saturated carbocycles. The highest BCUT2D eigenvalue weighted by Crippen LogP contribution is 2.40. The number of likely N-dealkylation sites (tertiary alicyclic amines) is 1. The van der Waals surface area contributed by atoms with Crippen LogP contribution in [0.3, 0.4) is 0 Å². The molecule has 2 unspecified atom stereocenters. The predicted molar refractivity (Wildman–Crippen MR) is 132 cm³/mol. The molecule has 2 saturated heterocycles. The van der Waals surface area contributed by atoms with Gasteiger partial charge in [-0.25, -0.2) is 14.6 Å². The normalized spacial score (nSPS) is 26.4. The van der Waals surface area contributed by atoms with Crippen LogP contribution in [-0.4, -0.2) is 67.7 Å². The summed E-state index contributed by atoms with van der Waals surface area (Å²) in [5, 5.41) is 20.2. The van der Waals surface area contributed by atoms with Crippen LogP contribution in [0, 0.1) is 0 Å². The van der Waals surface area contributed by atoms with Crippen molar-refractivity contribution in [3.8, 4) is 0 Å². The van der Waals surface area contributed by atoms with Gasteiger partial charge in [0.2, 0.25) is 5.95 Å². The lowest BCUT2D eigenvalue weighted by Gasteiger charge is -2.43. The first-order valence-corrected chi connectivity index (χ1v) is 12.6. The zero-order valence-corrected chi connectivity index (χ0v) is 20.6. The Morgan fingerprint density at radius 2 is 1.94 bits per heavy atom. The van der Waals surface area contributed by atoms with Gasteiger partial charge in [0.25, 0.3) is 0 Å². The van der Waals surface area contributed by atoms with E-state index in [-0.39, 0.29) is 5.54 Å². The summed E-state index contributed by atoms with van der Waals surface area (Å²) in [6, 6.07) is 4.45. The predicted octanol–water partition coefficient (Wildman–Crippen LogP) is 4.54. The molecule has 2 aromatic heterocycles. The van der Waals surface area contributed by atoms with E-state index in [2.05, 4.69) is 33.3 Å². The number of ether oxygens (including phenoxy) is 1. The van der Waals surface area contributed by atoms with Gasteiger partial charge in [0, 0.05) is 16.6 Å². The van der Waals surface area contributed by atoms with Gasteiger partial charge in [-0.2, -0.15) is 5.10 Å². The number of hydrogen-bond donors (Lipinski definition) is 2. The van der Waals surface area contributed by atoms with Crippen LogP contribution >= 0.6 is 23.2 Å². The monoisotopic (exact) mass is 502 g/mol. The fourth-order valence-electron chi connectivity index (χ4n) is 5.22. The van der Waals surface area contributed by atoms with E-state index in [0.717, 1.165) is 60.3 Å². The number of piperidine rings is 1. The van der Waals surface area contributed by atoms with Gasteiger partial charge < -0.3 is 15.2 Å². The number of aliphatic hydroxyl groups is 1. The number of fused-ring (bicyclic) bond motifs is 1. The molecule has 0 spiro atoms. The molecule has 4 heterocycles. The van der Waals surface area contributed by atoms with Crippen molar-refractivity contribution in [3.63, 3.8) is 0 Å². The molecule has 1 aliphatic carbocycles. The van der Waals surface area contributed by atoms with Crippen LogP contribution in [0.5, 0.6) is 0 Å². The minimum absolute atomic E-state index is 0.305. The van der Waals surface area contributed by atoms with Crippen molar-refractivity contribution in [1.82, 2.24) is 24.6 Å². The molecule has 6 rings (SSSR count). The van der Waals surface area contributed by atoms with Gasteiger partial charge in [-0.15, -0.1) is 0 Å². The van der Waals surface area contributed by atoms with Gasteiger partial charge in [-0.1, -0.05) is 23.2 Å². The van der Waals surface area contributed by atoms with Gasteiger partial charge in [-0.3, -0.25) is 4.90 Å². The molecular formula is C24H28Cl2N6O2. The largest absolute Gasteiger partial charge is 0.389 e. The van der Waals surface area contributed by atoms with E-state index < -0.39 is 6.10 Å². The van der Waals surface area contributed by atoms with E-state index in [0.29, 0.717) is 42.0 Å². The van der Waals surface area contributed by atoms with Crippen LogP contribution in [0.4, 0.5) is 11.6 Å². The maximum Gasteiger partial charge on any atom is 0.227 e.